The molecule has 0 aliphatic carbocycles. The zero-order chi connectivity index (χ0) is 4.71. The van der Waals surface area contributed by atoms with Gasteiger partial charge in [0, 0.05) is 0 Å². The minimum Gasteiger partial charge on any atom is -0.506 e. The summed E-state index contributed by atoms with van der Waals surface area (Å²) in [4.78, 5) is 0. The number of rotatable bonds is 0. The quantitative estimate of drug-likeness (QED) is 0.399. The van der Waals surface area contributed by atoms with Crippen LogP contribution in [0, 0.1) is 11.3 Å². The molecule has 0 bridgehead atoms. The molecule has 74 valence electrons. The Morgan fingerprint density at radius 1 is 0.900 bits per heavy atom. The molecule has 0 amide bonds. The average molecular weight is 211 g/mol. The van der Waals surface area contributed by atoms with Crippen LogP contribution >= 0.6 is 11.9 Å². The number of hydrogen-bond acceptors (Lipinski definition) is 3. The summed E-state index contributed by atoms with van der Waals surface area (Å²) in [7, 11) is 0. The van der Waals surface area contributed by atoms with E-state index in [0.717, 1.165) is 0 Å². The second-order valence-corrected chi connectivity index (χ2v) is 0.207. The SMILES string of the molecule is O.O.O.O.O.OCl.[O-][Cl+]O. The van der Waals surface area contributed by atoms with Gasteiger partial charge < -0.3 is 32.0 Å². The molecule has 0 aliphatic heterocycles. The van der Waals surface area contributed by atoms with E-state index in [-0.39, 0.29) is 38.7 Å². The van der Waals surface area contributed by atoms with Gasteiger partial charge in [-0.2, -0.15) is 0 Å². The molecule has 0 fully saturated rings. The lowest BCUT2D eigenvalue weighted by atomic mass is 15.9. The van der Waals surface area contributed by atoms with Gasteiger partial charge in [0.05, 0.1) is 11.9 Å². The monoisotopic (exact) mass is 210 g/mol. The number of hydrogen-bond donors (Lipinski definition) is 2. The van der Waals surface area contributed by atoms with Crippen molar-refractivity contribution in [3.05, 3.63) is 0 Å². The Hall–Kier alpha value is 0.260. The third-order valence-electron chi connectivity index (χ3n) is 0. The summed E-state index contributed by atoms with van der Waals surface area (Å²) < 4.78 is 21.7. The van der Waals surface area contributed by atoms with E-state index in [1.807, 2.05) is 0 Å². The van der Waals surface area contributed by atoms with E-state index in [4.69, 9.17) is 14.0 Å². The lowest BCUT2D eigenvalue weighted by Crippen LogP contribution is -1.94. The fourth-order valence-electron chi connectivity index (χ4n) is 0. The fourth-order valence-corrected chi connectivity index (χ4v) is 0. The van der Waals surface area contributed by atoms with Gasteiger partial charge in [-0.05, 0) is 0 Å². The Balaban J connectivity index is -0.00000000246. The van der Waals surface area contributed by atoms with Crippen molar-refractivity contribution in [3.8, 4) is 0 Å². The van der Waals surface area contributed by atoms with Crippen LogP contribution in [0.15, 0.2) is 0 Å². The first-order chi connectivity index (χ1) is 2.41. The van der Waals surface area contributed by atoms with Crippen LogP contribution < -0.4 is 4.66 Å². The van der Waals surface area contributed by atoms with Gasteiger partial charge in [0.2, 0.25) is 0 Å². The maximum atomic E-state index is 8.35. The summed E-state index contributed by atoms with van der Waals surface area (Å²) in [5.41, 5.74) is 0. The van der Waals surface area contributed by atoms with Gasteiger partial charge in [0.25, 0.3) is 0 Å². The topological polar surface area (TPSA) is 221 Å². The highest BCUT2D eigenvalue weighted by Gasteiger charge is 1.47. The summed E-state index contributed by atoms with van der Waals surface area (Å²) in [5.74, 6) is 0. The molecule has 10 heavy (non-hydrogen) atoms. The summed E-state index contributed by atoms with van der Waals surface area (Å²) in [6, 6.07) is 0. The van der Waals surface area contributed by atoms with Crippen LogP contribution in [0.1, 0.15) is 0 Å². The fraction of sp³-hybridized carbons (Fsp3) is 0. The van der Waals surface area contributed by atoms with Gasteiger partial charge in [-0.15, -0.1) is 4.66 Å². The maximum Gasteiger partial charge on any atom is 0.327 e. The van der Waals surface area contributed by atoms with Gasteiger partial charge in [-0.1, -0.05) is 0 Å². The van der Waals surface area contributed by atoms with E-state index < -0.39 is 0 Å². The highest BCUT2D eigenvalue weighted by molar-refractivity contribution is 6.04. The van der Waals surface area contributed by atoms with Crippen molar-refractivity contribution >= 4 is 11.9 Å². The van der Waals surface area contributed by atoms with Crippen molar-refractivity contribution in [3.63, 3.8) is 0 Å². The van der Waals surface area contributed by atoms with Crippen LogP contribution in [0.25, 0.3) is 0 Å². The Kier molecular flexibility index (Phi) is 3290. The second kappa shape index (κ2) is 398. The molecular formula is H12Cl2O8. The minimum absolute atomic E-state index is 0. The van der Waals surface area contributed by atoms with Gasteiger partial charge in [0.15, 0.2) is 0 Å². The average Bonchev–Trinajstić information content (AvgIpc) is 1.46. The van der Waals surface area contributed by atoms with E-state index in [0.29, 0.717) is 0 Å². The molecule has 0 saturated heterocycles. The Morgan fingerprint density at radius 2 is 0.900 bits per heavy atom. The Labute approximate surface area is 65.4 Å². The smallest absolute Gasteiger partial charge is 0.327 e. The van der Waals surface area contributed by atoms with Crippen molar-refractivity contribution < 1.29 is 52.7 Å². The molecule has 0 aliphatic rings. The summed E-state index contributed by atoms with van der Waals surface area (Å²) in [5, 5.41) is 0. The summed E-state index contributed by atoms with van der Waals surface area (Å²) >= 11 is 3.47. The van der Waals surface area contributed by atoms with Gasteiger partial charge in [0.1, 0.15) is 0 Å². The van der Waals surface area contributed by atoms with Crippen molar-refractivity contribution in [2.24, 2.45) is 0 Å². The van der Waals surface area contributed by atoms with Crippen LogP contribution in [0.3, 0.4) is 0 Å². The molecule has 0 rings (SSSR count). The molecule has 0 aromatic rings. The van der Waals surface area contributed by atoms with Crippen molar-refractivity contribution in [2.75, 3.05) is 0 Å². The van der Waals surface area contributed by atoms with Gasteiger partial charge in [-0.25, -0.2) is 0 Å². The molecule has 0 radical (unpaired) electrons. The second-order valence-electron chi connectivity index (χ2n) is 0.0690. The zero-order valence-corrected chi connectivity index (χ0v) is 6.07. The van der Waals surface area contributed by atoms with Crippen LogP contribution in [0.5, 0.6) is 0 Å². The van der Waals surface area contributed by atoms with Crippen LogP contribution in [0.2, 0.25) is 0 Å². The van der Waals surface area contributed by atoms with E-state index in [1.54, 1.807) is 0 Å². The van der Waals surface area contributed by atoms with E-state index >= 15 is 0 Å². The molecule has 12 N–H and O–H groups in total. The van der Waals surface area contributed by atoms with Crippen LogP contribution in [-0.4, -0.2) is 36.7 Å². The minimum atomic E-state index is -0.167. The van der Waals surface area contributed by atoms with Crippen molar-refractivity contribution in [1.29, 1.82) is 0 Å². The highest BCUT2D eigenvalue weighted by Crippen LogP contribution is 1.31. The first-order valence-corrected chi connectivity index (χ1v) is 1.48. The molecule has 0 spiro atoms. The number of halogens is 2. The molecule has 10 heteroatoms. The molecule has 0 saturated carbocycles. The third-order valence-corrected chi connectivity index (χ3v) is 0. The zero-order valence-electron chi connectivity index (χ0n) is 4.56. The summed E-state index contributed by atoms with van der Waals surface area (Å²) in [6.07, 6.45) is 0. The van der Waals surface area contributed by atoms with E-state index in [9.17, 15) is 0 Å². The first kappa shape index (κ1) is 82.8. The first-order valence-electron chi connectivity index (χ1n) is 0.492. The standard InChI is InChI=1S/ClHO2.ClHO.5H2O/c2-1-3;1-2;;;;;/h2H;2H;5*1H2. The van der Waals surface area contributed by atoms with Crippen LogP contribution in [-0.2, 0) is 0 Å². The van der Waals surface area contributed by atoms with Gasteiger partial charge >= 0.3 is 11.3 Å². The molecular weight excluding hydrogens is 199 g/mol. The van der Waals surface area contributed by atoms with Crippen molar-refractivity contribution in [1.82, 2.24) is 0 Å². The van der Waals surface area contributed by atoms with E-state index in [2.05, 4.69) is 11.9 Å². The van der Waals surface area contributed by atoms with Crippen LogP contribution in [0.4, 0.5) is 0 Å². The maximum absolute atomic E-state index is 8.35. The predicted molar refractivity (Wildman–Crippen MR) is 28.4 cm³/mol. The predicted octanol–water partition coefficient (Wildman–Crippen LogP) is -5.74. The largest absolute Gasteiger partial charge is 0.506 e. The Morgan fingerprint density at radius 3 is 0.900 bits per heavy atom. The van der Waals surface area contributed by atoms with E-state index in [1.165, 1.54) is 0 Å². The molecule has 0 aromatic heterocycles. The molecule has 0 aromatic carbocycles. The highest BCUT2D eigenvalue weighted by atomic mass is 35.6. The lowest BCUT2D eigenvalue weighted by molar-refractivity contribution is -1.27. The van der Waals surface area contributed by atoms with Gasteiger partial charge in [-0.3, -0.25) is 4.66 Å². The molecule has 0 atom stereocenters. The molecule has 0 heterocycles. The third kappa shape index (κ3) is 6440. The summed E-state index contributed by atoms with van der Waals surface area (Å²) in [6.45, 7) is 0. The Bertz CT molecular complexity index is 7.22. The van der Waals surface area contributed by atoms with Crippen molar-refractivity contribution in [2.45, 2.75) is 0 Å². The lowest BCUT2D eigenvalue weighted by Gasteiger charge is -1.46. The molecule has 8 nitrogen and oxygen atoms in total. The normalized spacial score (nSPS) is 2.40. The molecule has 0 unspecified atom stereocenters.